The fourth-order valence-corrected chi connectivity index (χ4v) is 2.80. The summed E-state index contributed by atoms with van der Waals surface area (Å²) >= 11 is 0. The molecule has 1 saturated carbocycles. The van der Waals surface area contributed by atoms with E-state index < -0.39 is 0 Å². The predicted octanol–water partition coefficient (Wildman–Crippen LogP) is 2.33. The van der Waals surface area contributed by atoms with Crippen molar-refractivity contribution >= 4 is 11.6 Å². The van der Waals surface area contributed by atoms with Crippen molar-refractivity contribution in [1.29, 1.82) is 0 Å². The molecule has 4 heteroatoms. The number of hydrogen-bond acceptors (Lipinski definition) is 3. The molecular weight excluding hydrogens is 252 g/mol. The average molecular weight is 274 g/mol. The number of para-hydroxylation sites is 1. The average Bonchev–Trinajstić information content (AvgIpc) is 3.18. The highest BCUT2D eigenvalue weighted by atomic mass is 16.5. The molecule has 3 rings (SSSR count). The first-order chi connectivity index (χ1) is 9.65. The Morgan fingerprint density at radius 3 is 2.65 bits per heavy atom. The monoisotopic (exact) mass is 274 g/mol. The SMILES string of the molecule is CC1CCC(C(=O)N(Cc2ccccc2N)C2CC2)O1. The third-order valence-corrected chi connectivity index (χ3v) is 4.17. The molecular formula is C16H22N2O2. The fourth-order valence-electron chi connectivity index (χ4n) is 2.80. The second-order valence-electron chi connectivity index (χ2n) is 5.91. The van der Waals surface area contributed by atoms with Crippen molar-refractivity contribution in [2.45, 2.75) is 57.4 Å². The highest BCUT2D eigenvalue weighted by molar-refractivity contribution is 5.82. The predicted molar refractivity (Wildman–Crippen MR) is 78.0 cm³/mol. The first-order valence-electron chi connectivity index (χ1n) is 7.44. The summed E-state index contributed by atoms with van der Waals surface area (Å²) in [6, 6.07) is 8.15. The molecule has 1 aliphatic carbocycles. The molecule has 2 unspecified atom stereocenters. The van der Waals surface area contributed by atoms with Gasteiger partial charge in [0.05, 0.1) is 6.10 Å². The van der Waals surface area contributed by atoms with E-state index in [9.17, 15) is 4.79 Å². The van der Waals surface area contributed by atoms with Crippen LogP contribution < -0.4 is 5.73 Å². The van der Waals surface area contributed by atoms with E-state index in [0.29, 0.717) is 12.6 Å². The van der Waals surface area contributed by atoms with Gasteiger partial charge in [0.1, 0.15) is 6.10 Å². The summed E-state index contributed by atoms with van der Waals surface area (Å²) < 4.78 is 5.73. The van der Waals surface area contributed by atoms with Crippen LogP contribution in [0.1, 0.15) is 38.2 Å². The molecule has 1 aliphatic heterocycles. The third-order valence-electron chi connectivity index (χ3n) is 4.17. The number of nitrogens with two attached hydrogens (primary N) is 1. The van der Waals surface area contributed by atoms with Crippen LogP contribution >= 0.6 is 0 Å². The maximum atomic E-state index is 12.6. The summed E-state index contributed by atoms with van der Waals surface area (Å²) in [5, 5.41) is 0. The Kier molecular flexibility index (Phi) is 3.66. The van der Waals surface area contributed by atoms with E-state index in [4.69, 9.17) is 10.5 Å². The topological polar surface area (TPSA) is 55.6 Å². The number of amides is 1. The van der Waals surface area contributed by atoms with Crippen molar-refractivity contribution in [3.05, 3.63) is 29.8 Å². The first-order valence-corrected chi connectivity index (χ1v) is 7.44. The molecule has 0 radical (unpaired) electrons. The standard InChI is InChI=1S/C16H22N2O2/c1-11-6-9-15(20-11)16(19)18(13-7-8-13)10-12-4-2-3-5-14(12)17/h2-5,11,13,15H,6-10,17H2,1H3. The molecule has 1 saturated heterocycles. The van der Waals surface area contributed by atoms with Crippen molar-refractivity contribution in [2.24, 2.45) is 0 Å². The Morgan fingerprint density at radius 1 is 1.30 bits per heavy atom. The van der Waals surface area contributed by atoms with Crippen molar-refractivity contribution in [3.8, 4) is 0 Å². The maximum absolute atomic E-state index is 12.6. The van der Waals surface area contributed by atoms with Crippen LogP contribution in [-0.4, -0.2) is 29.1 Å². The lowest BCUT2D eigenvalue weighted by molar-refractivity contribution is -0.143. The Hall–Kier alpha value is -1.55. The molecule has 1 aromatic carbocycles. The summed E-state index contributed by atoms with van der Waals surface area (Å²) in [6.45, 7) is 2.63. The van der Waals surface area contributed by atoms with Crippen molar-refractivity contribution in [1.82, 2.24) is 4.90 Å². The number of rotatable bonds is 4. The van der Waals surface area contributed by atoms with Gasteiger partial charge in [-0.25, -0.2) is 0 Å². The minimum absolute atomic E-state index is 0.139. The molecule has 2 aliphatic rings. The van der Waals surface area contributed by atoms with Crippen LogP contribution in [0.5, 0.6) is 0 Å². The number of benzene rings is 1. The quantitative estimate of drug-likeness (QED) is 0.857. The molecule has 1 aromatic rings. The van der Waals surface area contributed by atoms with Crippen LogP contribution in [0.4, 0.5) is 5.69 Å². The van der Waals surface area contributed by atoms with E-state index in [2.05, 4.69) is 0 Å². The molecule has 2 fully saturated rings. The molecule has 0 bridgehead atoms. The number of anilines is 1. The highest BCUT2D eigenvalue weighted by Gasteiger charge is 2.38. The zero-order valence-electron chi connectivity index (χ0n) is 11.9. The molecule has 2 N–H and O–H groups in total. The molecule has 4 nitrogen and oxygen atoms in total. The molecule has 2 atom stereocenters. The van der Waals surface area contributed by atoms with Crippen LogP contribution in [-0.2, 0) is 16.1 Å². The second kappa shape index (κ2) is 5.44. The number of hydrogen-bond donors (Lipinski definition) is 1. The Labute approximate surface area is 119 Å². The van der Waals surface area contributed by atoms with Gasteiger partial charge in [0.25, 0.3) is 5.91 Å². The van der Waals surface area contributed by atoms with E-state index in [1.807, 2.05) is 36.1 Å². The van der Waals surface area contributed by atoms with Gasteiger partial charge in [-0.3, -0.25) is 4.79 Å². The van der Waals surface area contributed by atoms with Crippen LogP contribution in [0.2, 0.25) is 0 Å². The zero-order chi connectivity index (χ0) is 14.1. The minimum atomic E-state index is -0.254. The van der Waals surface area contributed by atoms with Crippen molar-refractivity contribution in [2.75, 3.05) is 5.73 Å². The van der Waals surface area contributed by atoms with Gasteiger partial charge in [-0.05, 0) is 44.2 Å². The maximum Gasteiger partial charge on any atom is 0.252 e. The van der Waals surface area contributed by atoms with E-state index in [-0.39, 0.29) is 18.1 Å². The fraction of sp³-hybridized carbons (Fsp3) is 0.562. The Morgan fingerprint density at radius 2 is 2.05 bits per heavy atom. The lowest BCUT2D eigenvalue weighted by Gasteiger charge is -2.26. The minimum Gasteiger partial charge on any atom is -0.398 e. The smallest absolute Gasteiger partial charge is 0.252 e. The molecule has 1 heterocycles. The molecule has 0 spiro atoms. The number of carbonyl (C=O) groups excluding carboxylic acids is 1. The van der Waals surface area contributed by atoms with Crippen LogP contribution in [0, 0.1) is 0 Å². The van der Waals surface area contributed by atoms with Crippen LogP contribution in [0.25, 0.3) is 0 Å². The summed E-state index contributed by atoms with van der Waals surface area (Å²) in [6.07, 6.45) is 3.96. The van der Waals surface area contributed by atoms with Gasteiger partial charge in [-0.15, -0.1) is 0 Å². The van der Waals surface area contributed by atoms with E-state index >= 15 is 0 Å². The van der Waals surface area contributed by atoms with Gasteiger partial charge in [0, 0.05) is 18.3 Å². The summed E-state index contributed by atoms with van der Waals surface area (Å²) in [5.41, 5.74) is 7.78. The second-order valence-corrected chi connectivity index (χ2v) is 5.91. The molecule has 0 aromatic heterocycles. The normalized spacial score (nSPS) is 25.6. The number of nitrogens with zero attached hydrogens (tertiary/aromatic N) is 1. The lowest BCUT2D eigenvalue weighted by Crippen LogP contribution is -2.40. The van der Waals surface area contributed by atoms with Gasteiger partial charge in [-0.1, -0.05) is 18.2 Å². The number of carbonyl (C=O) groups is 1. The van der Waals surface area contributed by atoms with E-state index in [1.54, 1.807) is 0 Å². The molecule has 20 heavy (non-hydrogen) atoms. The van der Waals surface area contributed by atoms with Crippen molar-refractivity contribution < 1.29 is 9.53 Å². The van der Waals surface area contributed by atoms with Gasteiger partial charge < -0.3 is 15.4 Å². The van der Waals surface area contributed by atoms with E-state index in [1.165, 1.54) is 0 Å². The Bertz CT molecular complexity index is 499. The van der Waals surface area contributed by atoms with Gasteiger partial charge >= 0.3 is 0 Å². The van der Waals surface area contributed by atoms with Crippen LogP contribution in [0.3, 0.4) is 0 Å². The van der Waals surface area contributed by atoms with Gasteiger partial charge in [0.15, 0.2) is 0 Å². The van der Waals surface area contributed by atoms with E-state index in [0.717, 1.165) is 36.9 Å². The summed E-state index contributed by atoms with van der Waals surface area (Å²) in [5.74, 6) is 0.139. The molecule has 1 amide bonds. The van der Waals surface area contributed by atoms with Crippen molar-refractivity contribution in [3.63, 3.8) is 0 Å². The highest BCUT2D eigenvalue weighted by Crippen LogP contribution is 2.32. The summed E-state index contributed by atoms with van der Waals surface area (Å²) in [7, 11) is 0. The largest absolute Gasteiger partial charge is 0.398 e. The lowest BCUT2D eigenvalue weighted by atomic mass is 10.1. The number of nitrogen functional groups attached to an aromatic ring is 1. The number of ether oxygens (including phenoxy) is 1. The Balaban J connectivity index is 1.73. The summed E-state index contributed by atoms with van der Waals surface area (Å²) in [4.78, 5) is 14.6. The van der Waals surface area contributed by atoms with Gasteiger partial charge in [-0.2, -0.15) is 0 Å². The van der Waals surface area contributed by atoms with Gasteiger partial charge in [0.2, 0.25) is 0 Å². The first kappa shape index (κ1) is 13.4. The zero-order valence-corrected chi connectivity index (χ0v) is 11.9. The third kappa shape index (κ3) is 2.80. The molecule has 108 valence electrons. The van der Waals surface area contributed by atoms with Crippen LogP contribution in [0.15, 0.2) is 24.3 Å².